The molecule has 1 heterocycles. The third kappa shape index (κ3) is 6.47. The first-order valence-corrected chi connectivity index (χ1v) is 8.88. The van der Waals surface area contributed by atoms with E-state index in [0.717, 1.165) is 12.1 Å². The van der Waals surface area contributed by atoms with Crippen molar-refractivity contribution in [2.75, 3.05) is 32.7 Å². The van der Waals surface area contributed by atoms with E-state index in [9.17, 15) is 18.0 Å². The second kappa shape index (κ2) is 9.75. The number of anilines is 1. The van der Waals surface area contributed by atoms with Crippen LogP contribution in [0.2, 0.25) is 0 Å². The number of nitrogens with one attached hydrogen (secondary N) is 1. The summed E-state index contributed by atoms with van der Waals surface area (Å²) in [5.41, 5.74) is -0.295. The number of ether oxygens (including phenoxy) is 2. The van der Waals surface area contributed by atoms with Crippen molar-refractivity contribution in [3.63, 3.8) is 0 Å². The van der Waals surface area contributed by atoms with E-state index in [2.05, 4.69) is 10.5 Å². The molecule has 0 bridgehead atoms. The molecular formula is C19H24F3N3O4. The largest absolute Gasteiger partial charge is 0.489 e. The molecule has 1 N–H and O–H groups in total. The number of carbonyl (C=O) groups excluding carboxylic acids is 1. The molecule has 160 valence electrons. The van der Waals surface area contributed by atoms with Crippen LogP contribution in [0.5, 0.6) is 5.75 Å². The molecule has 0 aliphatic carbocycles. The number of aromatic nitrogens is 1. The van der Waals surface area contributed by atoms with Crippen molar-refractivity contribution in [3.8, 4) is 5.75 Å². The SMILES string of the molecule is COCCOc1ccc(C(F)(F)F)cc1NC(=O)C(C)N(C)Cc1cc(C)on1. The van der Waals surface area contributed by atoms with Gasteiger partial charge in [0.15, 0.2) is 0 Å². The van der Waals surface area contributed by atoms with E-state index >= 15 is 0 Å². The summed E-state index contributed by atoms with van der Waals surface area (Å²) in [5.74, 6) is 0.293. The Bertz CT molecular complexity index is 823. The maximum absolute atomic E-state index is 13.1. The van der Waals surface area contributed by atoms with E-state index in [1.54, 1.807) is 31.9 Å². The van der Waals surface area contributed by atoms with Crippen LogP contribution >= 0.6 is 0 Å². The highest BCUT2D eigenvalue weighted by Gasteiger charge is 2.32. The van der Waals surface area contributed by atoms with Gasteiger partial charge >= 0.3 is 6.18 Å². The predicted octanol–water partition coefficient (Wildman–Crippen LogP) is 3.49. The van der Waals surface area contributed by atoms with Gasteiger partial charge in [-0.1, -0.05) is 5.16 Å². The van der Waals surface area contributed by atoms with Crippen molar-refractivity contribution < 1.29 is 32.0 Å². The van der Waals surface area contributed by atoms with Crippen molar-refractivity contribution in [1.29, 1.82) is 0 Å². The van der Waals surface area contributed by atoms with Crippen LogP contribution < -0.4 is 10.1 Å². The third-order valence-electron chi connectivity index (χ3n) is 4.24. The maximum atomic E-state index is 13.1. The molecular weight excluding hydrogens is 391 g/mol. The standard InChI is InChI=1S/C19H24F3N3O4/c1-12-9-15(24-29-12)11-25(3)13(2)18(26)23-16-10-14(19(20,21)22)5-6-17(16)28-8-7-27-4/h5-6,9-10,13H,7-8,11H2,1-4H3,(H,23,26). The second-order valence-corrected chi connectivity index (χ2v) is 6.56. The Morgan fingerprint density at radius 1 is 1.31 bits per heavy atom. The van der Waals surface area contributed by atoms with Crippen molar-refractivity contribution in [1.82, 2.24) is 10.1 Å². The minimum Gasteiger partial charge on any atom is -0.489 e. The van der Waals surface area contributed by atoms with Crippen LogP contribution in [0.3, 0.4) is 0 Å². The number of hydrogen-bond donors (Lipinski definition) is 1. The van der Waals surface area contributed by atoms with Crippen LogP contribution in [0, 0.1) is 6.92 Å². The summed E-state index contributed by atoms with van der Waals surface area (Å²) in [7, 11) is 3.18. The number of hydrogen-bond acceptors (Lipinski definition) is 6. The predicted molar refractivity (Wildman–Crippen MR) is 99.6 cm³/mol. The molecule has 0 spiro atoms. The van der Waals surface area contributed by atoms with Gasteiger partial charge in [-0.15, -0.1) is 0 Å². The molecule has 2 aromatic rings. The minimum absolute atomic E-state index is 0.0570. The van der Waals surface area contributed by atoms with Gasteiger partial charge in [-0.05, 0) is 39.1 Å². The highest BCUT2D eigenvalue weighted by Crippen LogP contribution is 2.35. The number of likely N-dealkylation sites (N-methyl/N-ethyl adjacent to an activating group) is 1. The van der Waals surface area contributed by atoms with Gasteiger partial charge in [0.25, 0.3) is 0 Å². The van der Waals surface area contributed by atoms with Gasteiger partial charge < -0.3 is 19.3 Å². The van der Waals surface area contributed by atoms with Crippen molar-refractivity contribution in [2.45, 2.75) is 32.6 Å². The maximum Gasteiger partial charge on any atom is 0.416 e. The quantitative estimate of drug-likeness (QED) is 0.632. The average molecular weight is 415 g/mol. The van der Waals surface area contributed by atoms with E-state index < -0.39 is 23.7 Å². The molecule has 1 unspecified atom stereocenters. The molecule has 1 atom stereocenters. The van der Waals surface area contributed by atoms with Gasteiger partial charge in [-0.3, -0.25) is 9.69 Å². The number of aryl methyl sites for hydroxylation is 1. The number of rotatable bonds is 9. The smallest absolute Gasteiger partial charge is 0.416 e. The Hall–Kier alpha value is -2.59. The first-order chi connectivity index (χ1) is 13.6. The molecule has 7 nitrogen and oxygen atoms in total. The summed E-state index contributed by atoms with van der Waals surface area (Å²) in [6.07, 6.45) is -4.54. The van der Waals surface area contributed by atoms with Crippen LogP contribution in [-0.2, 0) is 22.3 Å². The van der Waals surface area contributed by atoms with E-state index in [0.29, 0.717) is 18.0 Å². The molecule has 0 fully saturated rings. The van der Waals surface area contributed by atoms with Gasteiger partial charge in [-0.2, -0.15) is 13.2 Å². The van der Waals surface area contributed by atoms with Crippen LogP contribution in [0.4, 0.5) is 18.9 Å². The highest BCUT2D eigenvalue weighted by atomic mass is 19.4. The molecule has 1 amide bonds. The van der Waals surface area contributed by atoms with E-state index in [4.69, 9.17) is 14.0 Å². The van der Waals surface area contributed by atoms with Gasteiger partial charge in [0.2, 0.25) is 5.91 Å². The fraction of sp³-hybridized carbons (Fsp3) is 0.474. The van der Waals surface area contributed by atoms with Gasteiger partial charge in [0, 0.05) is 19.7 Å². The molecule has 0 saturated carbocycles. The van der Waals surface area contributed by atoms with Crippen molar-refractivity contribution >= 4 is 11.6 Å². The van der Waals surface area contributed by atoms with Crippen LogP contribution in [0.15, 0.2) is 28.8 Å². The lowest BCUT2D eigenvalue weighted by molar-refractivity contribution is -0.137. The Balaban J connectivity index is 2.14. The van der Waals surface area contributed by atoms with Crippen molar-refractivity contribution in [2.24, 2.45) is 0 Å². The molecule has 10 heteroatoms. The van der Waals surface area contributed by atoms with Crippen LogP contribution in [-0.4, -0.2) is 49.4 Å². The Morgan fingerprint density at radius 3 is 2.62 bits per heavy atom. The zero-order valence-corrected chi connectivity index (χ0v) is 16.7. The highest BCUT2D eigenvalue weighted by molar-refractivity contribution is 5.96. The molecule has 29 heavy (non-hydrogen) atoms. The zero-order valence-electron chi connectivity index (χ0n) is 16.7. The number of nitrogens with zero attached hydrogens (tertiary/aromatic N) is 2. The first-order valence-electron chi connectivity index (χ1n) is 8.88. The Labute approximate surface area is 166 Å². The Morgan fingerprint density at radius 2 is 2.03 bits per heavy atom. The van der Waals surface area contributed by atoms with Gasteiger partial charge in [0.1, 0.15) is 18.1 Å². The Kier molecular flexibility index (Phi) is 7.63. The van der Waals surface area contributed by atoms with Crippen LogP contribution in [0.25, 0.3) is 0 Å². The number of carbonyl (C=O) groups is 1. The normalized spacial score (nSPS) is 12.8. The molecule has 0 radical (unpaired) electrons. The summed E-state index contributed by atoms with van der Waals surface area (Å²) < 4.78 is 54.5. The first kappa shape index (κ1) is 22.7. The summed E-state index contributed by atoms with van der Waals surface area (Å²) >= 11 is 0. The molecule has 1 aromatic carbocycles. The van der Waals surface area contributed by atoms with Gasteiger partial charge in [-0.25, -0.2) is 0 Å². The fourth-order valence-electron chi connectivity index (χ4n) is 2.49. The zero-order chi connectivity index (χ0) is 21.6. The van der Waals surface area contributed by atoms with E-state index in [-0.39, 0.29) is 24.7 Å². The number of alkyl halides is 3. The summed E-state index contributed by atoms with van der Waals surface area (Å²) in [5, 5.41) is 6.40. The van der Waals surface area contributed by atoms with Crippen LogP contribution in [0.1, 0.15) is 23.9 Å². The summed E-state index contributed by atoms with van der Waals surface area (Å²) in [6.45, 7) is 4.12. The number of methoxy groups -OCH3 is 1. The fourth-order valence-corrected chi connectivity index (χ4v) is 2.49. The topological polar surface area (TPSA) is 76.8 Å². The summed E-state index contributed by atoms with van der Waals surface area (Å²) in [4.78, 5) is 14.3. The molecule has 1 aromatic heterocycles. The average Bonchev–Trinajstić information content (AvgIpc) is 3.06. The lowest BCUT2D eigenvalue weighted by Crippen LogP contribution is -2.39. The third-order valence-corrected chi connectivity index (χ3v) is 4.24. The minimum atomic E-state index is -4.54. The summed E-state index contributed by atoms with van der Waals surface area (Å²) in [6, 6.07) is 4.04. The van der Waals surface area contributed by atoms with Gasteiger partial charge in [0.05, 0.1) is 29.6 Å². The molecule has 0 aliphatic heterocycles. The molecule has 2 rings (SSSR count). The van der Waals surface area contributed by atoms with E-state index in [1.165, 1.54) is 13.2 Å². The monoisotopic (exact) mass is 415 g/mol. The number of halogens is 3. The molecule has 0 saturated heterocycles. The van der Waals surface area contributed by atoms with E-state index in [1.807, 2.05) is 0 Å². The number of amides is 1. The number of benzene rings is 1. The lowest BCUT2D eigenvalue weighted by Gasteiger charge is -2.23. The second-order valence-electron chi connectivity index (χ2n) is 6.56. The lowest BCUT2D eigenvalue weighted by atomic mass is 10.1. The molecule has 0 aliphatic rings. The van der Waals surface area contributed by atoms with Crippen molar-refractivity contribution in [3.05, 3.63) is 41.3 Å².